The van der Waals surface area contributed by atoms with Crippen LogP contribution in [-0.4, -0.2) is 31.4 Å². The first-order valence-electron chi connectivity index (χ1n) is 7.24. The molecule has 0 unspecified atom stereocenters. The van der Waals surface area contributed by atoms with Gasteiger partial charge in [0.05, 0.1) is 12.2 Å². The second-order valence-electron chi connectivity index (χ2n) is 5.29. The Labute approximate surface area is 132 Å². The van der Waals surface area contributed by atoms with E-state index in [1.807, 2.05) is 29.9 Å². The van der Waals surface area contributed by atoms with Gasteiger partial charge in [0.2, 0.25) is 0 Å². The van der Waals surface area contributed by atoms with Gasteiger partial charge in [0.15, 0.2) is 5.82 Å². The van der Waals surface area contributed by atoms with Gasteiger partial charge in [-0.3, -0.25) is 9.88 Å². The van der Waals surface area contributed by atoms with Gasteiger partial charge in [0.1, 0.15) is 5.01 Å². The van der Waals surface area contributed by atoms with Crippen molar-refractivity contribution in [1.29, 1.82) is 0 Å². The third-order valence-electron chi connectivity index (χ3n) is 3.79. The van der Waals surface area contributed by atoms with E-state index < -0.39 is 0 Å². The molecule has 5 nitrogen and oxygen atoms in total. The molecule has 1 aliphatic heterocycles. The molecule has 22 heavy (non-hydrogen) atoms. The number of fused-ring (bicyclic) bond motifs is 1. The fourth-order valence-corrected chi connectivity index (χ4v) is 3.33. The molecule has 4 rings (SSSR count). The van der Waals surface area contributed by atoms with Crippen LogP contribution in [0, 0.1) is 0 Å². The number of thiazole rings is 1. The van der Waals surface area contributed by atoms with Crippen LogP contribution in [0.3, 0.4) is 0 Å². The van der Waals surface area contributed by atoms with Crippen LogP contribution in [0.5, 0.6) is 0 Å². The molecule has 0 aromatic carbocycles. The molecule has 0 bridgehead atoms. The van der Waals surface area contributed by atoms with E-state index in [4.69, 9.17) is 4.98 Å². The van der Waals surface area contributed by atoms with Gasteiger partial charge in [-0.05, 0) is 12.1 Å². The average Bonchev–Trinajstić information content (AvgIpc) is 3.08. The smallest absolute Gasteiger partial charge is 0.159 e. The first-order valence-corrected chi connectivity index (χ1v) is 8.12. The maximum absolute atomic E-state index is 4.74. The molecule has 3 aromatic heterocycles. The zero-order chi connectivity index (χ0) is 14.8. The number of aromatic nitrogens is 4. The van der Waals surface area contributed by atoms with E-state index in [0.717, 1.165) is 48.1 Å². The summed E-state index contributed by atoms with van der Waals surface area (Å²) in [6.45, 7) is 2.81. The molecule has 110 valence electrons. The van der Waals surface area contributed by atoms with E-state index in [1.54, 1.807) is 23.7 Å². The maximum Gasteiger partial charge on any atom is 0.159 e. The molecule has 0 radical (unpaired) electrons. The zero-order valence-corrected chi connectivity index (χ0v) is 12.8. The molecular weight excluding hydrogens is 294 g/mol. The Morgan fingerprint density at radius 2 is 2.05 bits per heavy atom. The molecule has 3 aromatic rings. The van der Waals surface area contributed by atoms with E-state index >= 15 is 0 Å². The van der Waals surface area contributed by atoms with Crippen molar-refractivity contribution < 1.29 is 0 Å². The summed E-state index contributed by atoms with van der Waals surface area (Å²) >= 11 is 1.71. The van der Waals surface area contributed by atoms with Crippen LogP contribution in [0.1, 0.15) is 16.3 Å². The summed E-state index contributed by atoms with van der Waals surface area (Å²) in [4.78, 5) is 20.0. The predicted molar refractivity (Wildman–Crippen MR) is 85.2 cm³/mol. The van der Waals surface area contributed by atoms with Crippen molar-refractivity contribution in [3.05, 3.63) is 58.6 Å². The molecule has 1 aliphatic rings. The standard InChI is InChI=1S/C16H15N5S/c1-4-17-5-2-12(1)16-19-9-13-10-21(7-3-14(13)20-16)11-15-18-6-8-22-15/h1-2,4-6,8-9H,3,7,10-11H2. The predicted octanol–water partition coefficient (Wildman–Crippen LogP) is 2.55. The molecule has 6 heteroatoms. The van der Waals surface area contributed by atoms with Gasteiger partial charge in [-0.15, -0.1) is 11.3 Å². The van der Waals surface area contributed by atoms with Crippen LogP contribution in [0.4, 0.5) is 0 Å². The zero-order valence-electron chi connectivity index (χ0n) is 12.0. The lowest BCUT2D eigenvalue weighted by atomic mass is 10.1. The number of pyridine rings is 1. The molecule has 0 atom stereocenters. The fourth-order valence-electron chi connectivity index (χ4n) is 2.67. The monoisotopic (exact) mass is 309 g/mol. The van der Waals surface area contributed by atoms with E-state index in [9.17, 15) is 0 Å². The van der Waals surface area contributed by atoms with Gasteiger partial charge in [-0.25, -0.2) is 15.0 Å². The van der Waals surface area contributed by atoms with E-state index in [0.29, 0.717) is 0 Å². The Bertz CT molecular complexity index is 757. The summed E-state index contributed by atoms with van der Waals surface area (Å²) in [5.41, 5.74) is 3.40. The minimum Gasteiger partial charge on any atom is -0.292 e. The van der Waals surface area contributed by atoms with E-state index in [2.05, 4.69) is 19.9 Å². The third-order valence-corrected chi connectivity index (χ3v) is 4.56. The summed E-state index contributed by atoms with van der Waals surface area (Å²) in [5.74, 6) is 0.787. The lowest BCUT2D eigenvalue weighted by molar-refractivity contribution is 0.242. The van der Waals surface area contributed by atoms with Crippen molar-refractivity contribution in [2.45, 2.75) is 19.5 Å². The highest BCUT2D eigenvalue weighted by Crippen LogP contribution is 2.22. The summed E-state index contributed by atoms with van der Waals surface area (Å²) in [5, 5.41) is 3.19. The summed E-state index contributed by atoms with van der Waals surface area (Å²) in [7, 11) is 0. The Morgan fingerprint density at radius 3 is 2.86 bits per heavy atom. The molecule has 0 N–H and O–H groups in total. The average molecular weight is 309 g/mol. The van der Waals surface area contributed by atoms with Crippen LogP contribution in [-0.2, 0) is 19.5 Å². The lowest BCUT2D eigenvalue weighted by Crippen LogP contribution is -2.30. The van der Waals surface area contributed by atoms with Crippen molar-refractivity contribution in [2.75, 3.05) is 6.54 Å². The summed E-state index contributed by atoms with van der Waals surface area (Å²) < 4.78 is 0. The number of hydrogen-bond acceptors (Lipinski definition) is 6. The van der Waals surface area contributed by atoms with Gasteiger partial charge in [0.25, 0.3) is 0 Å². The SMILES string of the molecule is c1cc(-c2ncc3c(n2)CCN(Cc2nccs2)C3)ccn1. The molecule has 0 saturated heterocycles. The molecule has 4 heterocycles. The first kappa shape index (κ1) is 13.5. The minimum atomic E-state index is 0.787. The number of rotatable bonds is 3. The molecule has 0 spiro atoms. The molecule has 0 fully saturated rings. The Kier molecular flexibility index (Phi) is 3.62. The highest BCUT2D eigenvalue weighted by atomic mass is 32.1. The van der Waals surface area contributed by atoms with Crippen molar-refractivity contribution >= 4 is 11.3 Å². The molecular formula is C16H15N5S. The van der Waals surface area contributed by atoms with Crippen molar-refractivity contribution in [3.63, 3.8) is 0 Å². The van der Waals surface area contributed by atoms with Gasteiger partial charge in [-0.1, -0.05) is 0 Å². The summed E-state index contributed by atoms with van der Waals surface area (Å²) in [6.07, 6.45) is 8.33. The molecule has 0 saturated carbocycles. The van der Waals surface area contributed by atoms with Crippen LogP contribution in [0.2, 0.25) is 0 Å². The highest BCUT2D eigenvalue weighted by molar-refractivity contribution is 7.09. The Balaban J connectivity index is 1.54. The van der Waals surface area contributed by atoms with E-state index in [-0.39, 0.29) is 0 Å². The quantitative estimate of drug-likeness (QED) is 0.744. The topological polar surface area (TPSA) is 54.8 Å². The largest absolute Gasteiger partial charge is 0.292 e. The Hall–Kier alpha value is -2.18. The Morgan fingerprint density at radius 1 is 1.14 bits per heavy atom. The highest BCUT2D eigenvalue weighted by Gasteiger charge is 2.19. The molecule has 0 amide bonds. The van der Waals surface area contributed by atoms with Gasteiger partial charge < -0.3 is 0 Å². The van der Waals surface area contributed by atoms with Crippen molar-refractivity contribution in [2.24, 2.45) is 0 Å². The maximum atomic E-state index is 4.74. The number of nitrogens with zero attached hydrogens (tertiary/aromatic N) is 5. The minimum absolute atomic E-state index is 0.787. The normalized spacial score (nSPS) is 14.7. The summed E-state index contributed by atoms with van der Waals surface area (Å²) in [6, 6.07) is 3.89. The number of hydrogen-bond donors (Lipinski definition) is 0. The second kappa shape index (κ2) is 5.90. The van der Waals surface area contributed by atoms with E-state index in [1.165, 1.54) is 5.56 Å². The van der Waals surface area contributed by atoms with Crippen LogP contribution in [0.15, 0.2) is 42.3 Å². The van der Waals surface area contributed by atoms with Crippen LogP contribution in [0.25, 0.3) is 11.4 Å². The van der Waals surface area contributed by atoms with Gasteiger partial charge in [-0.2, -0.15) is 0 Å². The first-order chi connectivity index (χ1) is 10.9. The van der Waals surface area contributed by atoms with Crippen LogP contribution >= 0.6 is 11.3 Å². The van der Waals surface area contributed by atoms with Crippen molar-refractivity contribution in [1.82, 2.24) is 24.8 Å². The second-order valence-corrected chi connectivity index (χ2v) is 6.27. The lowest BCUT2D eigenvalue weighted by Gasteiger charge is -2.27. The van der Waals surface area contributed by atoms with Gasteiger partial charge >= 0.3 is 0 Å². The fraction of sp³-hybridized carbons (Fsp3) is 0.250. The van der Waals surface area contributed by atoms with Gasteiger partial charge in [0, 0.05) is 60.8 Å². The van der Waals surface area contributed by atoms with Crippen molar-refractivity contribution in [3.8, 4) is 11.4 Å². The molecule has 0 aliphatic carbocycles. The van der Waals surface area contributed by atoms with Crippen LogP contribution < -0.4 is 0 Å². The third kappa shape index (κ3) is 2.75.